The standard InChI is InChI=1S/C44H26N4O2/c1-3-14-27(15-4-1)31-20-7-8-21-32(31)44-47-42(28-16-5-2-6-17-28)46-43(48-44)30-19-13-18-29(26-30)37-40-38(33-22-9-11-24-35(33)49-40)45-39-34-23-10-12-25-36(34)50-41(37)39/h1-26H. The Labute approximate surface area is 286 Å². The SMILES string of the molecule is c1ccc(-c2nc(-c3cccc(-c4c5oc6ccccc6c5nc5c4oc4ccccc45)c3)nc(-c3ccccc3-c3ccccc3)n2)cc1. The van der Waals surface area contributed by atoms with E-state index < -0.39 is 0 Å². The van der Waals surface area contributed by atoms with Crippen molar-refractivity contribution in [3.8, 4) is 56.4 Å². The van der Waals surface area contributed by atoms with Crippen LogP contribution >= 0.6 is 0 Å². The largest absolute Gasteiger partial charge is 0.454 e. The van der Waals surface area contributed by atoms with E-state index in [0.717, 1.165) is 71.9 Å². The number of para-hydroxylation sites is 2. The summed E-state index contributed by atoms with van der Waals surface area (Å²) in [6.07, 6.45) is 0. The summed E-state index contributed by atoms with van der Waals surface area (Å²) < 4.78 is 13.1. The van der Waals surface area contributed by atoms with Gasteiger partial charge in [-0.3, -0.25) is 0 Å². The van der Waals surface area contributed by atoms with Crippen LogP contribution in [-0.4, -0.2) is 19.9 Å². The van der Waals surface area contributed by atoms with E-state index in [4.69, 9.17) is 28.8 Å². The minimum Gasteiger partial charge on any atom is -0.454 e. The van der Waals surface area contributed by atoms with Crippen LogP contribution in [0.3, 0.4) is 0 Å². The third-order valence-electron chi connectivity index (χ3n) is 9.15. The van der Waals surface area contributed by atoms with Crippen LogP contribution in [0, 0.1) is 0 Å². The van der Waals surface area contributed by atoms with Crippen LogP contribution in [0.2, 0.25) is 0 Å². The van der Waals surface area contributed by atoms with E-state index in [-0.39, 0.29) is 0 Å². The molecule has 4 heterocycles. The highest BCUT2D eigenvalue weighted by atomic mass is 16.3. The first-order chi connectivity index (χ1) is 24.8. The van der Waals surface area contributed by atoms with Crippen LogP contribution in [0.1, 0.15) is 0 Å². The van der Waals surface area contributed by atoms with Gasteiger partial charge in [0.2, 0.25) is 0 Å². The van der Waals surface area contributed by atoms with E-state index in [0.29, 0.717) is 28.6 Å². The Hall–Kier alpha value is -6.92. The molecule has 0 spiro atoms. The molecule has 10 aromatic rings. The molecule has 0 amide bonds. The molecule has 6 heteroatoms. The Balaban J connectivity index is 1.22. The number of pyridine rings is 1. The first kappa shape index (κ1) is 28.1. The van der Waals surface area contributed by atoms with Gasteiger partial charge in [0.05, 0.1) is 5.56 Å². The molecule has 234 valence electrons. The summed E-state index contributed by atoms with van der Waals surface area (Å²) in [4.78, 5) is 20.3. The zero-order valence-electron chi connectivity index (χ0n) is 26.6. The third-order valence-corrected chi connectivity index (χ3v) is 9.15. The van der Waals surface area contributed by atoms with Gasteiger partial charge in [-0.05, 0) is 47.0 Å². The predicted octanol–water partition coefficient (Wildman–Crippen LogP) is 11.4. The predicted molar refractivity (Wildman–Crippen MR) is 199 cm³/mol. The molecule has 0 aliphatic carbocycles. The lowest BCUT2D eigenvalue weighted by Gasteiger charge is -2.12. The lowest BCUT2D eigenvalue weighted by Crippen LogP contribution is -2.01. The number of hydrogen-bond acceptors (Lipinski definition) is 6. The maximum absolute atomic E-state index is 6.53. The van der Waals surface area contributed by atoms with Crippen molar-refractivity contribution in [2.24, 2.45) is 0 Å². The van der Waals surface area contributed by atoms with E-state index in [1.54, 1.807) is 0 Å². The summed E-state index contributed by atoms with van der Waals surface area (Å²) in [5.41, 5.74) is 11.1. The lowest BCUT2D eigenvalue weighted by molar-refractivity contribution is 0.657. The minimum atomic E-state index is 0.564. The number of nitrogens with zero attached hydrogens (tertiary/aromatic N) is 4. The molecule has 10 rings (SSSR count). The average molecular weight is 643 g/mol. The van der Waals surface area contributed by atoms with Crippen molar-refractivity contribution in [2.75, 3.05) is 0 Å². The Morgan fingerprint density at radius 1 is 0.340 bits per heavy atom. The normalized spacial score (nSPS) is 11.6. The molecule has 0 saturated heterocycles. The molecule has 0 unspecified atom stereocenters. The third kappa shape index (κ3) is 4.58. The van der Waals surface area contributed by atoms with Crippen molar-refractivity contribution < 1.29 is 8.83 Å². The van der Waals surface area contributed by atoms with Crippen LogP contribution < -0.4 is 0 Å². The van der Waals surface area contributed by atoms with Gasteiger partial charge in [0.1, 0.15) is 22.2 Å². The van der Waals surface area contributed by atoms with Gasteiger partial charge >= 0.3 is 0 Å². The smallest absolute Gasteiger partial charge is 0.165 e. The van der Waals surface area contributed by atoms with Crippen molar-refractivity contribution in [3.63, 3.8) is 0 Å². The number of hydrogen-bond donors (Lipinski definition) is 0. The Bertz CT molecular complexity index is 2790. The number of rotatable bonds is 5. The van der Waals surface area contributed by atoms with Gasteiger partial charge in [-0.2, -0.15) is 0 Å². The second-order valence-corrected chi connectivity index (χ2v) is 12.2. The van der Waals surface area contributed by atoms with Gasteiger partial charge in [-0.25, -0.2) is 19.9 Å². The van der Waals surface area contributed by atoms with Crippen LogP contribution in [0.25, 0.3) is 101 Å². The van der Waals surface area contributed by atoms with Gasteiger partial charge in [-0.15, -0.1) is 0 Å². The Morgan fingerprint density at radius 2 is 0.820 bits per heavy atom. The average Bonchev–Trinajstić information content (AvgIpc) is 3.75. The monoisotopic (exact) mass is 642 g/mol. The zero-order chi connectivity index (χ0) is 33.0. The summed E-state index contributed by atoms with van der Waals surface area (Å²) in [5, 5.41) is 1.91. The van der Waals surface area contributed by atoms with E-state index >= 15 is 0 Å². The molecule has 50 heavy (non-hydrogen) atoms. The van der Waals surface area contributed by atoms with Crippen molar-refractivity contribution in [1.29, 1.82) is 0 Å². The van der Waals surface area contributed by atoms with Crippen molar-refractivity contribution >= 4 is 44.1 Å². The Morgan fingerprint density at radius 3 is 1.48 bits per heavy atom. The summed E-state index contributed by atoms with van der Waals surface area (Å²) in [5.74, 6) is 1.76. The quantitative estimate of drug-likeness (QED) is 0.186. The molecular weight excluding hydrogens is 617 g/mol. The van der Waals surface area contributed by atoms with E-state index in [1.807, 2.05) is 121 Å². The van der Waals surface area contributed by atoms with Gasteiger partial charge in [0.25, 0.3) is 0 Å². The van der Waals surface area contributed by atoms with Crippen LogP contribution in [0.5, 0.6) is 0 Å². The molecule has 4 aromatic heterocycles. The highest BCUT2D eigenvalue weighted by molar-refractivity contribution is 6.18. The number of benzene rings is 6. The summed E-state index contributed by atoms with van der Waals surface area (Å²) in [7, 11) is 0. The first-order valence-electron chi connectivity index (χ1n) is 16.5. The number of aromatic nitrogens is 4. The molecule has 0 fully saturated rings. The van der Waals surface area contributed by atoms with Crippen molar-refractivity contribution in [3.05, 3.63) is 158 Å². The second-order valence-electron chi connectivity index (χ2n) is 12.2. The zero-order valence-corrected chi connectivity index (χ0v) is 26.6. The summed E-state index contributed by atoms with van der Waals surface area (Å²) >= 11 is 0. The molecular formula is C44H26N4O2. The van der Waals surface area contributed by atoms with Gasteiger partial charge in [0.15, 0.2) is 28.6 Å². The molecule has 6 aromatic carbocycles. The molecule has 0 aliphatic heterocycles. The molecule has 0 aliphatic rings. The topological polar surface area (TPSA) is 77.8 Å². The number of fused-ring (bicyclic) bond motifs is 6. The molecule has 0 atom stereocenters. The molecule has 0 radical (unpaired) electrons. The minimum absolute atomic E-state index is 0.564. The molecule has 0 N–H and O–H groups in total. The van der Waals surface area contributed by atoms with Gasteiger partial charge in [0, 0.05) is 27.5 Å². The van der Waals surface area contributed by atoms with Crippen molar-refractivity contribution in [2.45, 2.75) is 0 Å². The first-order valence-corrected chi connectivity index (χ1v) is 16.5. The Kier molecular flexibility index (Phi) is 6.39. The highest BCUT2D eigenvalue weighted by Gasteiger charge is 2.23. The maximum Gasteiger partial charge on any atom is 0.165 e. The lowest BCUT2D eigenvalue weighted by atomic mass is 9.99. The maximum atomic E-state index is 6.53. The van der Waals surface area contributed by atoms with Gasteiger partial charge < -0.3 is 8.83 Å². The molecule has 0 bridgehead atoms. The van der Waals surface area contributed by atoms with E-state index in [1.165, 1.54) is 0 Å². The van der Waals surface area contributed by atoms with E-state index in [9.17, 15) is 0 Å². The molecule has 6 nitrogen and oxygen atoms in total. The number of furan rings is 2. The van der Waals surface area contributed by atoms with Crippen LogP contribution in [0.15, 0.2) is 167 Å². The fourth-order valence-electron chi connectivity index (χ4n) is 6.80. The van der Waals surface area contributed by atoms with E-state index in [2.05, 4.69) is 36.4 Å². The second kappa shape index (κ2) is 11.4. The fraction of sp³-hybridized carbons (Fsp3) is 0. The van der Waals surface area contributed by atoms with Crippen LogP contribution in [-0.2, 0) is 0 Å². The fourth-order valence-corrected chi connectivity index (χ4v) is 6.80. The highest BCUT2D eigenvalue weighted by Crippen LogP contribution is 2.43. The van der Waals surface area contributed by atoms with Crippen LogP contribution in [0.4, 0.5) is 0 Å². The summed E-state index contributed by atoms with van der Waals surface area (Å²) in [6.45, 7) is 0. The molecule has 0 saturated carbocycles. The summed E-state index contributed by atoms with van der Waals surface area (Å²) in [6, 6.07) is 52.9. The van der Waals surface area contributed by atoms with Gasteiger partial charge in [-0.1, -0.05) is 127 Å². The van der Waals surface area contributed by atoms with Crippen molar-refractivity contribution in [1.82, 2.24) is 19.9 Å².